The second-order valence-corrected chi connectivity index (χ2v) is 8.94. The van der Waals surface area contributed by atoms with Crippen molar-refractivity contribution in [3.63, 3.8) is 0 Å². The Morgan fingerprint density at radius 3 is 1.74 bits per heavy atom. The molecule has 0 saturated carbocycles. The average Bonchev–Trinajstić information content (AvgIpc) is 2.82. The Labute approximate surface area is 207 Å². The van der Waals surface area contributed by atoms with E-state index < -0.39 is 12.2 Å². The van der Waals surface area contributed by atoms with Crippen LogP contribution in [0.5, 0.6) is 5.75 Å². The van der Waals surface area contributed by atoms with Gasteiger partial charge in [0.25, 0.3) is 0 Å². The normalized spacial score (nSPS) is 10.6. The first-order valence-electron chi connectivity index (χ1n) is 13.5. The van der Waals surface area contributed by atoms with Crippen molar-refractivity contribution in [3.8, 4) is 5.75 Å². The van der Waals surface area contributed by atoms with Crippen LogP contribution in [-0.2, 0) is 9.47 Å². The van der Waals surface area contributed by atoms with Crippen LogP contribution in [0.15, 0.2) is 24.3 Å². The third kappa shape index (κ3) is 17.3. The summed E-state index contributed by atoms with van der Waals surface area (Å²) >= 11 is 0. The standard InChI is InChI=1S/C28H47NO5/c1-3-5-7-9-11-13-15-17-22-32-27(30)29-25-20-19-21-26(24-25)34-28(31)33-23-18-16-14-12-10-8-6-4-2/h19-21,24H,3-18,22-23H2,1-2H3,(H,29,30). The summed E-state index contributed by atoms with van der Waals surface area (Å²) in [6, 6.07) is 6.65. The smallest absolute Gasteiger partial charge is 0.449 e. The number of carbonyl (C=O) groups excluding carboxylic acids is 2. The van der Waals surface area contributed by atoms with Gasteiger partial charge in [0, 0.05) is 11.8 Å². The van der Waals surface area contributed by atoms with E-state index in [0.717, 1.165) is 25.7 Å². The fraction of sp³-hybridized carbons (Fsp3) is 0.714. The Morgan fingerprint density at radius 2 is 1.18 bits per heavy atom. The molecule has 0 aliphatic carbocycles. The maximum Gasteiger partial charge on any atom is 0.513 e. The van der Waals surface area contributed by atoms with Crippen LogP contribution in [0.4, 0.5) is 15.3 Å². The monoisotopic (exact) mass is 477 g/mol. The summed E-state index contributed by atoms with van der Waals surface area (Å²) in [5, 5.41) is 2.67. The molecular formula is C28H47NO5. The number of hydrogen-bond donors (Lipinski definition) is 1. The van der Waals surface area contributed by atoms with Crippen LogP contribution in [0.3, 0.4) is 0 Å². The molecule has 0 saturated heterocycles. The lowest BCUT2D eigenvalue weighted by molar-refractivity contribution is 0.0973. The third-order valence-corrected chi connectivity index (χ3v) is 5.73. The summed E-state index contributed by atoms with van der Waals surface area (Å²) in [5.74, 6) is 0.321. The van der Waals surface area contributed by atoms with Crippen molar-refractivity contribution < 1.29 is 23.8 Å². The molecule has 6 nitrogen and oxygen atoms in total. The molecule has 1 aromatic rings. The molecule has 0 heterocycles. The number of nitrogens with one attached hydrogen (secondary N) is 1. The van der Waals surface area contributed by atoms with Gasteiger partial charge in [0.15, 0.2) is 0 Å². The number of carbonyl (C=O) groups is 2. The molecule has 1 aromatic carbocycles. The van der Waals surface area contributed by atoms with Gasteiger partial charge in [-0.25, -0.2) is 9.59 Å². The van der Waals surface area contributed by atoms with E-state index in [-0.39, 0.29) is 0 Å². The zero-order chi connectivity index (χ0) is 24.7. The molecule has 0 unspecified atom stereocenters. The Morgan fingerprint density at radius 1 is 0.676 bits per heavy atom. The van der Waals surface area contributed by atoms with Crippen LogP contribution in [0.1, 0.15) is 117 Å². The highest BCUT2D eigenvalue weighted by atomic mass is 16.7. The summed E-state index contributed by atoms with van der Waals surface area (Å²) in [5.41, 5.74) is 0.509. The molecule has 6 heteroatoms. The third-order valence-electron chi connectivity index (χ3n) is 5.73. The van der Waals surface area contributed by atoms with Crippen LogP contribution >= 0.6 is 0 Å². The second kappa shape index (κ2) is 21.3. The van der Waals surface area contributed by atoms with Crippen molar-refractivity contribution in [2.75, 3.05) is 18.5 Å². The number of hydrogen-bond acceptors (Lipinski definition) is 5. The highest BCUT2D eigenvalue weighted by Crippen LogP contribution is 2.18. The van der Waals surface area contributed by atoms with Crippen molar-refractivity contribution in [1.29, 1.82) is 0 Å². The van der Waals surface area contributed by atoms with Gasteiger partial charge in [-0.2, -0.15) is 0 Å². The summed E-state index contributed by atoms with van der Waals surface area (Å²) < 4.78 is 15.6. The summed E-state index contributed by atoms with van der Waals surface area (Å²) in [7, 11) is 0. The molecule has 194 valence electrons. The van der Waals surface area contributed by atoms with E-state index in [1.807, 2.05) is 0 Å². The van der Waals surface area contributed by atoms with E-state index in [9.17, 15) is 9.59 Å². The number of amides is 1. The fourth-order valence-corrected chi connectivity index (χ4v) is 3.71. The van der Waals surface area contributed by atoms with E-state index >= 15 is 0 Å². The zero-order valence-electron chi connectivity index (χ0n) is 21.6. The first-order chi connectivity index (χ1) is 16.7. The lowest BCUT2D eigenvalue weighted by Crippen LogP contribution is -2.15. The van der Waals surface area contributed by atoms with Gasteiger partial charge in [0.2, 0.25) is 0 Å². The molecule has 0 radical (unpaired) electrons. The minimum atomic E-state index is -0.725. The summed E-state index contributed by atoms with van der Waals surface area (Å²) in [6.45, 7) is 5.20. The first-order valence-corrected chi connectivity index (χ1v) is 13.5. The predicted octanol–water partition coefficient (Wildman–Crippen LogP) is 9.03. The minimum absolute atomic E-state index is 0.321. The van der Waals surface area contributed by atoms with Gasteiger partial charge in [-0.05, 0) is 25.0 Å². The molecule has 0 fully saturated rings. The van der Waals surface area contributed by atoms with Crippen LogP contribution in [0, 0.1) is 0 Å². The van der Waals surface area contributed by atoms with Crippen LogP contribution in [0.2, 0.25) is 0 Å². The summed E-state index contributed by atoms with van der Waals surface area (Å²) in [4.78, 5) is 23.9. The molecule has 0 aromatic heterocycles. The quantitative estimate of drug-likeness (QED) is 0.115. The van der Waals surface area contributed by atoms with Gasteiger partial charge >= 0.3 is 12.2 Å². The number of benzene rings is 1. The minimum Gasteiger partial charge on any atom is -0.449 e. The Kier molecular flexibility index (Phi) is 18.7. The van der Waals surface area contributed by atoms with E-state index in [4.69, 9.17) is 14.2 Å². The Bertz CT molecular complexity index is 598. The van der Waals surface area contributed by atoms with Crippen molar-refractivity contribution in [1.82, 2.24) is 0 Å². The van der Waals surface area contributed by atoms with Gasteiger partial charge in [-0.15, -0.1) is 0 Å². The molecule has 0 atom stereocenters. The molecule has 0 spiro atoms. The Hall–Kier alpha value is -2.24. The van der Waals surface area contributed by atoms with Crippen molar-refractivity contribution in [2.45, 2.75) is 117 Å². The predicted molar refractivity (Wildman–Crippen MR) is 139 cm³/mol. The van der Waals surface area contributed by atoms with Crippen molar-refractivity contribution in [2.24, 2.45) is 0 Å². The molecule has 0 aliphatic heterocycles. The van der Waals surface area contributed by atoms with E-state index in [2.05, 4.69) is 19.2 Å². The van der Waals surface area contributed by atoms with Gasteiger partial charge in [-0.1, -0.05) is 110 Å². The lowest BCUT2D eigenvalue weighted by atomic mass is 10.1. The molecule has 0 aliphatic rings. The molecule has 1 N–H and O–H groups in total. The summed E-state index contributed by atoms with van der Waals surface area (Å²) in [6.07, 6.45) is 17.8. The number of unbranched alkanes of at least 4 members (excludes halogenated alkanes) is 14. The first kappa shape index (κ1) is 29.8. The fourth-order valence-electron chi connectivity index (χ4n) is 3.71. The van der Waals surface area contributed by atoms with Crippen LogP contribution in [0.25, 0.3) is 0 Å². The van der Waals surface area contributed by atoms with Gasteiger partial charge in [0.1, 0.15) is 5.75 Å². The van der Waals surface area contributed by atoms with E-state index in [0.29, 0.717) is 24.7 Å². The SMILES string of the molecule is CCCCCCCCCCOC(=O)Nc1cccc(OC(=O)OCCCCCCCCCC)c1. The van der Waals surface area contributed by atoms with Gasteiger partial charge < -0.3 is 14.2 Å². The van der Waals surface area contributed by atoms with Crippen LogP contribution < -0.4 is 10.1 Å². The lowest BCUT2D eigenvalue weighted by Gasteiger charge is -2.09. The largest absolute Gasteiger partial charge is 0.513 e. The number of rotatable bonds is 20. The van der Waals surface area contributed by atoms with E-state index in [1.54, 1.807) is 24.3 Å². The molecule has 1 rings (SSSR count). The van der Waals surface area contributed by atoms with Crippen molar-refractivity contribution >= 4 is 17.9 Å². The second-order valence-electron chi connectivity index (χ2n) is 8.94. The highest BCUT2D eigenvalue weighted by Gasteiger charge is 2.08. The molecule has 0 bridgehead atoms. The van der Waals surface area contributed by atoms with Gasteiger partial charge in [0.05, 0.1) is 13.2 Å². The maximum atomic E-state index is 12.0. The van der Waals surface area contributed by atoms with E-state index in [1.165, 1.54) is 77.0 Å². The van der Waals surface area contributed by atoms with Crippen molar-refractivity contribution in [3.05, 3.63) is 24.3 Å². The van der Waals surface area contributed by atoms with Crippen LogP contribution in [-0.4, -0.2) is 25.5 Å². The molecular weight excluding hydrogens is 430 g/mol. The topological polar surface area (TPSA) is 73.9 Å². The highest BCUT2D eigenvalue weighted by molar-refractivity contribution is 5.85. The number of ether oxygens (including phenoxy) is 3. The average molecular weight is 478 g/mol. The Balaban J connectivity index is 2.12. The van der Waals surface area contributed by atoms with Gasteiger partial charge in [-0.3, -0.25) is 5.32 Å². The zero-order valence-corrected chi connectivity index (χ0v) is 21.6. The molecule has 1 amide bonds. The molecule has 34 heavy (non-hydrogen) atoms. The maximum absolute atomic E-state index is 12.0. The number of anilines is 1.